The van der Waals surface area contributed by atoms with Crippen molar-refractivity contribution in [1.29, 1.82) is 0 Å². The van der Waals surface area contributed by atoms with Crippen molar-refractivity contribution in [2.24, 2.45) is 0 Å². The van der Waals surface area contributed by atoms with E-state index < -0.39 is 0 Å². The van der Waals surface area contributed by atoms with Crippen molar-refractivity contribution in [1.82, 2.24) is 0 Å². The fourth-order valence-corrected chi connectivity index (χ4v) is 2.96. The van der Waals surface area contributed by atoms with Crippen molar-refractivity contribution in [3.05, 3.63) is 109 Å². The van der Waals surface area contributed by atoms with Crippen LogP contribution in [-0.2, 0) is 0 Å². The predicted molar refractivity (Wildman–Crippen MR) is 118 cm³/mol. The number of benzene rings is 3. The predicted octanol–water partition coefficient (Wildman–Crippen LogP) is 7.09. The maximum absolute atomic E-state index is 3.51. The van der Waals surface area contributed by atoms with Crippen LogP contribution in [0.1, 0.15) is 13.8 Å². The summed E-state index contributed by atoms with van der Waals surface area (Å²) in [6.07, 6.45) is 8.28. The molecular formula is C25H26N2. The number of allylic oxidation sites excluding steroid dienone is 3. The molecule has 3 rings (SSSR count). The lowest BCUT2D eigenvalue weighted by atomic mass is 10.1. The molecule has 0 aliphatic heterocycles. The number of para-hydroxylation sites is 2. The van der Waals surface area contributed by atoms with E-state index in [-0.39, 0.29) is 6.04 Å². The molecule has 136 valence electrons. The third kappa shape index (κ3) is 5.11. The zero-order valence-corrected chi connectivity index (χ0v) is 15.9. The molecule has 0 fully saturated rings. The summed E-state index contributed by atoms with van der Waals surface area (Å²) in [6, 6.07) is 29.7. The van der Waals surface area contributed by atoms with Crippen LogP contribution in [0.4, 0.5) is 22.7 Å². The first-order chi connectivity index (χ1) is 13.3. The molecule has 0 spiro atoms. The first-order valence-corrected chi connectivity index (χ1v) is 9.34. The molecule has 0 aliphatic rings. The van der Waals surface area contributed by atoms with Crippen LogP contribution in [-0.4, -0.2) is 6.04 Å². The minimum Gasteiger partial charge on any atom is -0.379 e. The van der Waals surface area contributed by atoms with Gasteiger partial charge in [-0.1, -0.05) is 60.7 Å². The summed E-state index contributed by atoms with van der Waals surface area (Å²) in [4.78, 5) is 2.26. The summed E-state index contributed by atoms with van der Waals surface area (Å²) < 4.78 is 0. The van der Waals surface area contributed by atoms with Gasteiger partial charge in [-0.05, 0) is 62.4 Å². The molecule has 0 heterocycles. The molecule has 0 radical (unpaired) electrons. The molecule has 0 saturated carbocycles. The topological polar surface area (TPSA) is 15.3 Å². The molecule has 0 bridgehead atoms. The van der Waals surface area contributed by atoms with E-state index in [1.807, 2.05) is 31.2 Å². The van der Waals surface area contributed by atoms with Gasteiger partial charge in [0, 0.05) is 28.8 Å². The average Bonchev–Trinajstić information content (AvgIpc) is 2.71. The van der Waals surface area contributed by atoms with Crippen LogP contribution in [0.15, 0.2) is 109 Å². The van der Waals surface area contributed by atoms with Crippen LogP contribution in [0, 0.1) is 0 Å². The highest BCUT2D eigenvalue weighted by Crippen LogP contribution is 2.34. The van der Waals surface area contributed by atoms with Gasteiger partial charge < -0.3 is 10.2 Å². The number of hydrogen-bond acceptors (Lipinski definition) is 2. The molecular weight excluding hydrogens is 328 g/mol. The fraction of sp³-hybridized carbons (Fsp3) is 0.120. The third-order valence-electron chi connectivity index (χ3n) is 4.25. The zero-order valence-electron chi connectivity index (χ0n) is 15.9. The van der Waals surface area contributed by atoms with Crippen LogP contribution in [0.3, 0.4) is 0 Å². The Morgan fingerprint density at radius 3 is 1.74 bits per heavy atom. The van der Waals surface area contributed by atoms with Gasteiger partial charge in [-0.2, -0.15) is 0 Å². The second-order valence-corrected chi connectivity index (χ2v) is 6.40. The van der Waals surface area contributed by atoms with Crippen LogP contribution < -0.4 is 10.2 Å². The van der Waals surface area contributed by atoms with Crippen molar-refractivity contribution < 1.29 is 0 Å². The summed E-state index contributed by atoms with van der Waals surface area (Å²) in [5.41, 5.74) is 4.53. The summed E-state index contributed by atoms with van der Waals surface area (Å²) in [5.74, 6) is 0. The summed E-state index contributed by atoms with van der Waals surface area (Å²) >= 11 is 0. The summed E-state index contributed by atoms with van der Waals surface area (Å²) in [5, 5.41) is 3.51. The molecule has 27 heavy (non-hydrogen) atoms. The SMILES string of the molecule is C/C=C\C=C/C(C)Nc1ccc(N(c2ccccc2)c2ccccc2)cc1. The molecule has 1 unspecified atom stereocenters. The van der Waals surface area contributed by atoms with Gasteiger partial charge in [0.15, 0.2) is 0 Å². The van der Waals surface area contributed by atoms with Gasteiger partial charge in [-0.15, -0.1) is 0 Å². The zero-order chi connectivity index (χ0) is 18.9. The maximum atomic E-state index is 3.51. The van der Waals surface area contributed by atoms with Crippen LogP contribution in [0.2, 0.25) is 0 Å². The molecule has 3 aromatic carbocycles. The van der Waals surface area contributed by atoms with E-state index in [4.69, 9.17) is 0 Å². The quantitative estimate of drug-likeness (QED) is 0.456. The van der Waals surface area contributed by atoms with Crippen molar-refractivity contribution in [3.63, 3.8) is 0 Å². The van der Waals surface area contributed by atoms with Crippen LogP contribution in [0.25, 0.3) is 0 Å². The Morgan fingerprint density at radius 1 is 0.704 bits per heavy atom. The molecule has 1 atom stereocenters. The Hall–Kier alpha value is -3.26. The minimum absolute atomic E-state index is 0.270. The third-order valence-corrected chi connectivity index (χ3v) is 4.25. The Morgan fingerprint density at radius 2 is 1.22 bits per heavy atom. The van der Waals surface area contributed by atoms with Gasteiger partial charge in [-0.25, -0.2) is 0 Å². The van der Waals surface area contributed by atoms with Crippen molar-refractivity contribution >= 4 is 22.7 Å². The van der Waals surface area contributed by atoms with Crippen molar-refractivity contribution in [2.45, 2.75) is 19.9 Å². The minimum atomic E-state index is 0.270. The second kappa shape index (κ2) is 9.44. The number of rotatable bonds is 7. The van der Waals surface area contributed by atoms with E-state index in [0.717, 1.165) is 22.7 Å². The monoisotopic (exact) mass is 354 g/mol. The van der Waals surface area contributed by atoms with Gasteiger partial charge in [0.2, 0.25) is 0 Å². The smallest absolute Gasteiger partial charge is 0.0463 e. The molecule has 3 aromatic rings. The van der Waals surface area contributed by atoms with Gasteiger partial charge in [0.05, 0.1) is 0 Å². The molecule has 2 heteroatoms. The van der Waals surface area contributed by atoms with Crippen LogP contribution in [0.5, 0.6) is 0 Å². The maximum Gasteiger partial charge on any atom is 0.0463 e. The lowest BCUT2D eigenvalue weighted by Gasteiger charge is -2.25. The van der Waals surface area contributed by atoms with Gasteiger partial charge in [-0.3, -0.25) is 0 Å². The number of nitrogens with zero attached hydrogens (tertiary/aromatic N) is 1. The number of nitrogens with one attached hydrogen (secondary N) is 1. The van der Waals surface area contributed by atoms with Gasteiger partial charge >= 0.3 is 0 Å². The number of hydrogen-bond donors (Lipinski definition) is 1. The van der Waals surface area contributed by atoms with E-state index in [9.17, 15) is 0 Å². The first-order valence-electron chi connectivity index (χ1n) is 9.34. The van der Waals surface area contributed by atoms with Crippen LogP contribution >= 0.6 is 0 Å². The first kappa shape index (κ1) is 18.5. The molecule has 0 saturated heterocycles. The van der Waals surface area contributed by atoms with E-state index in [2.05, 4.69) is 102 Å². The molecule has 0 aromatic heterocycles. The number of anilines is 4. The van der Waals surface area contributed by atoms with E-state index in [1.165, 1.54) is 0 Å². The molecule has 0 amide bonds. The van der Waals surface area contributed by atoms with Crippen molar-refractivity contribution in [2.75, 3.05) is 10.2 Å². The Labute approximate surface area is 162 Å². The lowest BCUT2D eigenvalue weighted by Crippen LogP contribution is -2.12. The van der Waals surface area contributed by atoms with E-state index in [1.54, 1.807) is 0 Å². The highest BCUT2D eigenvalue weighted by molar-refractivity contribution is 5.77. The molecule has 1 N–H and O–H groups in total. The Bertz CT molecular complexity index is 826. The highest BCUT2D eigenvalue weighted by Gasteiger charge is 2.11. The van der Waals surface area contributed by atoms with Crippen molar-refractivity contribution in [3.8, 4) is 0 Å². The average molecular weight is 354 g/mol. The summed E-state index contributed by atoms with van der Waals surface area (Å²) in [7, 11) is 0. The highest BCUT2D eigenvalue weighted by atomic mass is 15.1. The molecule has 0 aliphatic carbocycles. The Balaban J connectivity index is 1.84. The standard InChI is InChI=1S/C25H26N2/c1-3-4-7-12-21(2)26-22-17-19-25(20-18-22)27(23-13-8-5-9-14-23)24-15-10-6-11-16-24/h3-21,26H,1-2H3/b4-3-,12-7-. The Kier molecular flexibility index (Phi) is 6.48. The second-order valence-electron chi connectivity index (χ2n) is 6.40. The lowest BCUT2D eigenvalue weighted by molar-refractivity contribution is 0.998. The van der Waals surface area contributed by atoms with E-state index >= 15 is 0 Å². The van der Waals surface area contributed by atoms with E-state index in [0.29, 0.717) is 0 Å². The molecule has 2 nitrogen and oxygen atoms in total. The largest absolute Gasteiger partial charge is 0.379 e. The van der Waals surface area contributed by atoms with Gasteiger partial charge in [0.1, 0.15) is 0 Å². The normalized spacial score (nSPS) is 12.4. The van der Waals surface area contributed by atoms with Gasteiger partial charge in [0.25, 0.3) is 0 Å². The summed E-state index contributed by atoms with van der Waals surface area (Å²) in [6.45, 7) is 4.17. The fourth-order valence-electron chi connectivity index (χ4n) is 2.96.